The van der Waals surface area contributed by atoms with Crippen molar-refractivity contribution in [2.75, 3.05) is 19.8 Å². The van der Waals surface area contributed by atoms with E-state index in [1.54, 1.807) is 0 Å². The highest BCUT2D eigenvalue weighted by molar-refractivity contribution is 5.33. The van der Waals surface area contributed by atoms with Gasteiger partial charge in [-0.05, 0) is 31.7 Å². The molecule has 0 saturated heterocycles. The van der Waals surface area contributed by atoms with Gasteiger partial charge in [0.15, 0.2) is 0 Å². The molecule has 3 nitrogen and oxygen atoms in total. The number of ether oxygens (including phenoxy) is 2. The van der Waals surface area contributed by atoms with Crippen molar-refractivity contribution in [3.05, 3.63) is 59.7 Å². The molecule has 0 amide bonds. The van der Waals surface area contributed by atoms with Gasteiger partial charge in [-0.2, -0.15) is 0 Å². The van der Waals surface area contributed by atoms with Crippen molar-refractivity contribution >= 4 is 0 Å². The van der Waals surface area contributed by atoms with E-state index in [1.807, 2.05) is 42.5 Å². The van der Waals surface area contributed by atoms with Crippen LogP contribution in [0.2, 0.25) is 0 Å². The van der Waals surface area contributed by atoms with Crippen LogP contribution in [0.5, 0.6) is 11.5 Å². The molecular weight excluding hydrogens is 262 g/mol. The summed E-state index contributed by atoms with van der Waals surface area (Å²) in [7, 11) is 0. The Labute approximate surface area is 126 Å². The van der Waals surface area contributed by atoms with Gasteiger partial charge in [0.2, 0.25) is 0 Å². The fourth-order valence-corrected chi connectivity index (χ4v) is 2.00. The van der Waals surface area contributed by atoms with Crippen LogP contribution in [0, 0.1) is 6.92 Å². The number of benzene rings is 2. The summed E-state index contributed by atoms with van der Waals surface area (Å²) < 4.78 is 11.5. The highest BCUT2D eigenvalue weighted by atomic mass is 16.5. The largest absolute Gasteiger partial charge is 0.490 e. The predicted molar refractivity (Wildman–Crippen MR) is 86.0 cm³/mol. The van der Waals surface area contributed by atoms with Crippen LogP contribution in [0.25, 0.3) is 0 Å². The Balaban J connectivity index is 1.79. The maximum absolute atomic E-state index is 5.81. The summed E-state index contributed by atoms with van der Waals surface area (Å²) in [5.74, 6) is 1.80. The van der Waals surface area contributed by atoms with Gasteiger partial charge in [0, 0.05) is 12.1 Å². The molecule has 0 spiro atoms. The Bertz CT molecular complexity index is 537. The molecule has 0 fully saturated rings. The van der Waals surface area contributed by atoms with Gasteiger partial charge in [-0.1, -0.05) is 42.8 Å². The van der Waals surface area contributed by atoms with Crippen LogP contribution in [0.15, 0.2) is 48.5 Å². The van der Waals surface area contributed by atoms with Crippen molar-refractivity contribution in [2.24, 2.45) is 0 Å². The van der Waals surface area contributed by atoms with Crippen LogP contribution in [0.3, 0.4) is 0 Å². The summed E-state index contributed by atoms with van der Waals surface area (Å²) >= 11 is 0. The Kier molecular flexibility index (Phi) is 6.10. The summed E-state index contributed by atoms with van der Waals surface area (Å²) in [4.78, 5) is 0. The van der Waals surface area contributed by atoms with E-state index in [9.17, 15) is 0 Å². The van der Waals surface area contributed by atoms with Crippen molar-refractivity contribution in [1.82, 2.24) is 5.32 Å². The van der Waals surface area contributed by atoms with Crippen LogP contribution < -0.4 is 14.8 Å². The molecule has 0 bridgehead atoms. The van der Waals surface area contributed by atoms with E-state index in [0.29, 0.717) is 13.2 Å². The second-order valence-corrected chi connectivity index (χ2v) is 4.90. The predicted octanol–water partition coefficient (Wildman–Crippen LogP) is 3.56. The standard InChI is InChI=1S/C18H23NO2/c1-3-19-14-16-6-4-5-7-18(16)21-13-12-20-17-10-8-15(2)9-11-17/h4-11,19H,3,12-14H2,1-2H3. The Morgan fingerprint density at radius 3 is 2.38 bits per heavy atom. The van der Waals surface area contributed by atoms with Crippen LogP contribution in [0.4, 0.5) is 0 Å². The fourth-order valence-electron chi connectivity index (χ4n) is 2.00. The average Bonchev–Trinajstić information content (AvgIpc) is 2.52. The minimum Gasteiger partial charge on any atom is -0.490 e. The van der Waals surface area contributed by atoms with E-state index in [0.717, 1.165) is 24.6 Å². The van der Waals surface area contributed by atoms with Gasteiger partial charge >= 0.3 is 0 Å². The number of hydrogen-bond acceptors (Lipinski definition) is 3. The number of hydrogen-bond donors (Lipinski definition) is 1. The first-order chi connectivity index (χ1) is 10.3. The Morgan fingerprint density at radius 1 is 0.905 bits per heavy atom. The third-order valence-electron chi connectivity index (χ3n) is 3.17. The van der Waals surface area contributed by atoms with E-state index in [-0.39, 0.29) is 0 Å². The lowest BCUT2D eigenvalue weighted by molar-refractivity contribution is 0.215. The van der Waals surface area contributed by atoms with Gasteiger partial charge in [0.05, 0.1) is 0 Å². The molecule has 0 atom stereocenters. The maximum atomic E-state index is 5.81. The molecule has 0 unspecified atom stereocenters. The topological polar surface area (TPSA) is 30.5 Å². The molecule has 2 aromatic rings. The van der Waals surface area contributed by atoms with E-state index in [2.05, 4.69) is 25.2 Å². The molecule has 0 aromatic heterocycles. The third-order valence-corrected chi connectivity index (χ3v) is 3.17. The molecule has 0 saturated carbocycles. The second kappa shape index (κ2) is 8.32. The number of rotatable bonds is 8. The van der Waals surface area contributed by atoms with Crippen LogP contribution in [-0.2, 0) is 6.54 Å². The first-order valence-corrected chi connectivity index (χ1v) is 7.40. The SMILES string of the molecule is CCNCc1ccccc1OCCOc1ccc(C)cc1. The van der Waals surface area contributed by atoms with Gasteiger partial charge in [-0.25, -0.2) is 0 Å². The van der Waals surface area contributed by atoms with Gasteiger partial charge in [-0.15, -0.1) is 0 Å². The summed E-state index contributed by atoms with van der Waals surface area (Å²) in [6, 6.07) is 16.2. The average molecular weight is 285 g/mol. The zero-order valence-corrected chi connectivity index (χ0v) is 12.8. The van der Waals surface area contributed by atoms with Crippen molar-refractivity contribution in [1.29, 1.82) is 0 Å². The second-order valence-electron chi connectivity index (χ2n) is 4.90. The molecule has 0 aliphatic rings. The van der Waals surface area contributed by atoms with Gasteiger partial charge in [0.25, 0.3) is 0 Å². The smallest absolute Gasteiger partial charge is 0.123 e. The molecule has 21 heavy (non-hydrogen) atoms. The highest BCUT2D eigenvalue weighted by Crippen LogP contribution is 2.18. The van der Waals surface area contributed by atoms with Crippen LogP contribution in [0.1, 0.15) is 18.1 Å². The molecule has 0 heterocycles. The quantitative estimate of drug-likeness (QED) is 0.752. The maximum Gasteiger partial charge on any atom is 0.123 e. The summed E-state index contributed by atoms with van der Waals surface area (Å²) in [6.45, 7) is 7.01. The van der Waals surface area contributed by atoms with Gasteiger partial charge in [-0.3, -0.25) is 0 Å². The monoisotopic (exact) mass is 285 g/mol. The number of aryl methyl sites for hydroxylation is 1. The molecule has 3 heteroatoms. The summed E-state index contributed by atoms with van der Waals surface area (Å²) in [5, 5.41) is 3.32. The van der Waals surface area contributed by atoms with Crippen molar-refractivity contribution in [3.8, 4) is 11.5 Å². The van der Waals surface area contributed by atoms with Crippen LogP contribution in [-0.4, -0.2) is 19.8 Å². The Hall–Kier alpha value is -2.00. The molecule has 0 radical (unpaired) electrons. The van der Waals surface area contributed by atoms with E-state index < -0.39 is 0 Å². The lowest BCUT2D eigenvalue weighted by Crippen LogP contribution is -2.14. The number of nitrogens with one attached hydrogen (secondary N) is 1. The molecule has 1 N–H and O–H groups in total. The molecule has 112 valence electrons. The minimum atomic E-state index is 0.539. The van der Waals surface area contributed by atoms with Crippen LogP contribution >= 0.6 is 0 Å². The van der Waals surface area contributed by atoms with Crippen molar-refractivity contribution in [2.45, 2.75) is 20.4 Å². The molecular formula is C18H23NO2. The first-order valence-electron chi connectivity index (χ1n) is 7.40. The van der Waals surface area contributed by atoms with Gasteiger partial charge in [0.1, 0.15) is 24.7 Å². The number of para-hydroxylation sites is 1. The molecule has 0 aliphatic carbocycles. The summed E-state index contributed by atoms with van der Waals surface area (Å²) in [6.07, 6.45) is 0. The van der Waals surface area contributed by atoms with Gasteiger partial charge < -0.3 is 14.8 Å². The molecule has 2 aromatic carbocycles. The molecule has 0 aliphatic heterocycles. The normalized spacial score (nSPS) is 10.4. The zero-order chi connectivity index (χ0) is 14.9. The Morgan fingerprint density at radius 2 is 1.62 bits per heavy atom. The highest BCUT2D eigenvalue weighted by Gasteiger charge is 2.02. The van der Waals surface area contributed by atoms with E-state index >= 15 is 0 Å². The zero-order valence-electron chi connectivity index (χ0n) is 12.8. The van der Waals surface area contributed by atoms with E-state index in [4.69, 9.17) is 9.47 Å². The fraction of sp³-hybridized carbons (Fsp3) is 0.333. The van der Waals surface area contributed by atoms with Crippen molar-refractivity contribution < 1.29 is 9.47 Å². The summed E-state index contributed by atoms with van der Waals surface area (Å²) in [5.41, 5.74) is 2.41. The lowest BCUT2D eigenvalue weighted by atomic mass is 10.2. The molecule has 2 rings (SSSR count). The van der Waals surface area contributed by atoms with E-state index in [1.165, 1.54) is 11.1 Å². The van der Waals surface area contributed by atoms with Crippen molar-refractivity contribution in [3.63, 3.8) is 0 Å². The minimum absolute atomic E-state index is 0.539. The third kappa shape index (κ3) is 5.12. The lowest BCUT2D eigenvalue weighted by Gasteiger charge is -2.12. The first kappa shape index (κ1) is 15.4.